The highest BCUT2D eigenvalue weighted by Gasteiger charge is 2.08. The Kier molecular flexibility index (Phi) is 3.76. The van der Waals surface area contributed by atoms with Gasteiger partial charge in [-0.05, 0) is 13.0 Å². The van der Waals surface area contributed by atoms with E-state index in [1.165, 1.54) is 4.88 Å². The lowest BCUT2D eigenvalue weighted by Gasteiger charge is -2.18. The number of anilines is 2. The second-order valence-corrected chi connectivity index (χ2v) is 5.63. The maximum Gasteiger partial charge on any atom is 0.226 e. The maximum absolute atomic E-state index is 4.50. The summed E-state index contributed by atoms with van der Waals surface area (Å²) in [6, 6.07) is 1.92. The van der Waals surface area contributed by atoms with Gasteiger partial charge in [-0.15, -0.1) is 11.3 Å². The lowest BCUT2D eigenvalue weighted by molar-refractivity contribution is 0.889. The molecule has 18 heavy (non-hydrogen) atoms. The van der Waals surface area contributed by atoms with Crippen molar-refractivity contribution >= 4 is 23.1 Å². The standard InChI is InChI=1S/C12H17N5S/c1-9-14-7-10(18-9)8-17(4)11-5-6-13-12(15-11)16(2)3/h5-7H,8H2,1-4H3. The summed E-state index contributed by atoms with van der Waals surface area (Å²) in [7, 11) is 5.90. The Bertz CT molecular complexity index is 523. The van der Waals surface area contributed by atoms with E-state index >= 15 is 0 Å². The second-order valence-electron chi connectivity index (χ2n) is 4.31. The fourth-order valence-corrected chi connectivity index (χ4v) is 2.41. The molecule has 0 saturated heterocycles. The molecule has 0 aromatic carbocycles. The van der Waals surface area contributed by atoms with E-state index in [0.29, 0.717) is 0 Å². The first-order valence-electron chi connectivity index (χ1n) is 5.69. The number of hydrogen-bond acceptors (Lipinski definition) is 6. The van der Waals surface area contributed by atoms with Crippen LogP contribution < -0.4 is 9.80 Å². The molecule has 0 bridgehead atoms. The third-order valence-corrected chi connectivity index (χ3v) is 3.38. The molecule has 0 aliphatic carbocycles. The van der Waals surface area contributed by atoms with Gasteiger partial charge in [0, 0.05) is 38.4 Å². The van der Waals surface area contributed by atoms with Crippen LogP contribution in [0.1, 0.15) is 9.88 Å². The van der Waals surface area contributed by atoms with Gasteiger partial charge in [-0.3, -0.25) is 0 Å². The molecular formula is C12H17N5S. The van der Waals surface area contributed by atoms with Crippen LogP contribution in [-0.4, -0.2) is 36.1 Å². The zero-order chi connectivity index (χ0) is 13.1. The molecule has 0 aliphatic rings. The Balaban J connectivity index is 2.13. The molecule has 0 unspecified atom stereocenters. The fraction of sp³-hybridized carbons (Fsp3) is 0.417. The number of thiazole rings is 1. The Morgan fingerprint density at radius 2 is 2.00 bits per heavy atom. The van der Waals surface area contributed by atoms with Crippen LogP contribution >= 0.6 is 11.3 Å². The van der Waals surface area contributed by atoms with Crippen LogP contribution in [0.4, 0.5) is 11.8 Å². The van der Waals surface area contributed by atoms with Crippen molar-refractivity contribution in [3.63, 3.8) is 0 Å². The molecule has 0 N–H and O–H groups in total. The van der Waals surface area contributed by atoms with Crippen molar-refractivity contribution in [2.75, 3.05) is 30.9 Å². The van der Waals surface area contributed by atoms with Gasteiger partial charge in [0.1, 0.15) is 5.82 Å². The topological polar surface area (TPSA) is 45.2 Å². The Labute approximate surface area is 111 Å². The molecule has 2 heterocycles. The van der Waals surface area contributed by atoms with Gasteiger partial charge < -0.3 is 9.80 Å². The van der Waals surface area contributed by atoms with Gasteiger partial charge >= 0.3 is 0 Å². The lowest BCUT2D eigenvalue weighted by Crippen LogP contribution is -2.19. The SMILES string of the molecule is Cc1ncc(CN(C)c2ccnc(N(C)C)n2)s1. The van der Waals surface area contributed by atoms with Gasteiger partial charge in [-0.25, -0.2) is 9.97 Å². The smallest absolute Gasteiger partial charge is 0.226 e. The predicted octanol–water partition coefficient (Wildman–Crippen LogP) is 1.94. The van der Waals surface area contributed by atoms with Crippen molar-refractivity contribution in [1.29, 1.82) is 0 Å². The van der Waals surface area contributed by atoms with Crippen molar-refractivity contribution in [3.8, 4) is 0 Å². The molecule has 0 atom stereocenters. The Morgan fingerprint density at radius 3 is 2.61 bits per heavy atom. The average molecular weight is 263 g/mol. The van der Waals surface area contributed by atoms with E-state index in [2.05, 4.69) is 19.9 Å². The minimum atomic E-state index is 0.722. The highest BCUT2D eigenvalue weighted by Crippen LogP contribution is 2.18. The number of hydrogen-bond donors (Lipinski definition) is 0. The summed E-state index contributed by atoms with van der Waals surface area (Å²) in [5.41, 5.74) is 0. The fourth-order valence-electron chi connectivity index (χ4n) is 1.56. The third-order valence-electron chi connectivity index (χ3n) is 2.48. The molecule has 96 valence electrons. The van der Waals surface area contributed by atoms with Crippen LogP contribution in [0.3, 0.4) is 0 Å². The quantitative estimate of drug-likeness (QED) is 0.843. The van der Waals surface area contributed by atoms with Gasteiger partial charge in [-0.2, -0.15) is 4.98 Å². The normalized spacial score (nSPS) is 10.4. The van der Waals surface area contributed by atoms with Gasteiger partial charge in [0.15, 0.2) is 0 Å². The summed E-state index contributed by atoms with van der Waals surface area (Å²) >= 11 is 1.71. The van der Waals surface area contributed by atoms with E-state index in [4.69, 9.17) is 0 Å². The van der Waals surface area contributed by atoms with Gasteiger partial charge in [0.2, 0.25) is 5.95 Å². The molecule has 0 saturated carbocycles. The van der Waals surface area contributed by atoms with Crippen LogP contribution in [0.25, 0.3) is 0 Å². The van der Waals surface area contributed by atoms with Gasteiger partial charge in [0.05, 0.1) is 11.6 Å². The molecule has 0 spiro atoms. The Hall–Kier alpha value is -1.69. The van der Waals surface area contributed by atoms with Gasteiger partial charge in [0.25, 0.3) is 0 Å². The number of nitrogens with zero attached hydrogens (tertiary/aromatic N) is 5. The van der Waals surface area contributed by atoms with Crippen molar-refractivity contribution < 1.29 is 0 Å². The van der Waals surface area contributed by atoms with Crippen LogP contribution in [0.15, 0.2) is 18.5 Å². The molecule has 2 rings (SSSR count). The molecule has 0 amide bonds. The van der Waals surface area contributed by atoms with E-state index in [0.717, 1.165) is 23.3 Å². The summed E-state index contributed by atoms with van der Waals surface area (Å²) in [4.78, 5) is 18.2. The third kappa shape index (κ3) is 2.95. The molecule has 6 heteroatoms. The van der Waals surface area contributed by atoms with E-state index < -0.39 is 0 Å². The summed E-state index contributed by atoms with van der Waals surface area (Å²) in [5.74, 6) is 1.64. The first-order valence-corrected chi connectivity index (χ1v) is 6.50. The zero-order valence-corrected chi connectivity index (χ0v) is 11.9. The number of aryl methyl sites for hydroxylation is 1. The molecule has 0 radical (unpaired) electrons. The summed E-state index contributed by atoms with van der Waals surface area (Å²) in [5, 5.41) is 1.09. The Morgan fingerprint density at radius 1 is 1.22 bits per heavy atom. The largest absolute Gasteiger partial charge is 0.354 e. The van der Waals surface area contributed by atoms with E-state index in [9.17, 15) is 0 Å². The molecule has 2 aromatic heterocycles. The minimum Gasteiger partial charge on any atom is -0.354 e. The van der Waals surface area contributed by atoms with Crippen LogP contribution in [0, 0.1) is 6.92 Å². The van der Waals surface area contributed by atoms with Crippen molar-refractivity contribution in [2.24, 2.45) is 0 Å². The van der Waals surface area contributed by atoms with Crippen LogP contribution in [-0.2, 0) is 6.54 Å². The predicted molar refractivity (Wildman–Crippen MR) is 75.3 cm³/mol. The molecule has 0 fully saturated rings. The number of aromatic nitrogens is 3. The summed E-state index contributed by atoms with van der Waals surface area (Å²) < 4.78 is 0. The first-order chi connectivity index (χ1) is 8.56. The van der Waals surface area contributed by atoms with Crippen LogP contribution in [0.2, 0.25) is 0 Å². The van der Waals surface area contributed by atoms with Gasteiger partial charge in [-0.1, -0.05) is 0 Å². The number of rotatable bonds is 4. The second kappa shape index (κ2) is 5.30. The zero-order valence-electron chi connectivity index (χ0n) is 11.1. The average Bonchev–Trinajstić information content (AvgIpc) is 2.75. The maximum atomic E-state index is 4.50. The lowest BCUT2D eigenvalue weighted by atomic mass is 10.4. The molecule has 0 aliphatic heterocycles. The highest BCUT2D eigenvalue weighted by molar-refractivity contribution is 7.11. The van der Waals surface area contributed by atoms with E-state index in [-0.39, 0.29) is 0 Å². The van der Waals surface area contributed by atoms with Crippen molar-refractivity contribution in [3.05, 3.63) is 28.3 Å². The molecule has 5 nitrogen and oxygen atoms in total. The van der Waals surface area contributed by atoms with Crippen molar-refractivity contribution in [2.45, 2.75) is 13.5 Å². The highest BCUT2D eigenvalue weighted by atomic mass is 32.1. The molecular weight excluding hydrogens is 246 g/mol. The summed E-state index contributed by atoms with van der Waals surface area (Å²) in [6.07, 6.45) is 3.70. The van der Waals surface area contributed by atoms with E-state index in [1.54, 1.807) is 17.5 Å². The van der Waals surface area contributed by atoms with Crippen molar-refractivity contribution in [1.82, 2.24) is 15.0 Å². The first kappa shape index (κ1) is 12.8. The van der Waals surface area contributed by atoms with E-state index in [1.807, 2.05) is 45.2 Å². The minimum absolute atomic E-state index is 0.722. The molecule has 2 aromatic rings. The summed E-state index contributed by atoms with van der Waals surface area (Å²) in [6.45, 7) is 2.83. The van der Waals surface area contributed by atoms with Crippen LogP contribution in [0.5, 0.6) is 0 Å². The monoisotopic (exact) mass is 263 g/mol.